The smallest absolute Gasteiger partial charge is 0.194 e. The normalized spacial score (nSPS) is 23.4. The molecule has 3 heterocycles. The highest BCUT2D eigenvalue weighted by Crippen LogP contribution is 2.42. The van der Waals surface area contributed by atoms with Crippen molar-refractivity contribution < 1.29 is 4.39 Å². The molecule has 0 aromatic carbocycles. The lowest BCUT2D eigenvalue weighted by Crippen LogP contribution is -2.28. The van der Waals surface area contributed by atoms with E-state index in [4.69, 9.17) is 0 Å². The van der Waals surface area contributed by atoms with Crippen LogP contribution in [0.2, 0.25) is 0 Å². The van der Waals surface area contributed by atoms with Gasteiger partial charge in [-0.1, -0.05) is 20.3 Å². The second-order valence-electron chi connectivity index (χ2n) is 8.07. The maximum absolute atomic E-state index is 15.2. The molecule has 8 heteroatoms. The van der Waals surface area contributed by atoms with Gasteiger partial charge in [0.1, 0.15) is 24.0 Å². The van der Waals surface area contributed by atoms with Crippen molar-refractivity contribution in [3.8, 4) is 17.2 Å². The zero-order valence-electron chi connectivity index (χ0n) is 17.2. The van der Waals surface area contributed by atoms with Gasteiger partial charge in [-0.05, 0) is 37.3 Å². The maximum atomic E-state index is 15.2. The molecule has 0 amide bonds. The first-order valence-electron chi connectivity index (χ1n) is 10.3. The minimum absolute atomic E-state index is 0.225. The van der Waals surface area contributed by atoms with Crippen molar-refractivity contribution in [3.63, 3.8) is 0 Å². The molecule has 3 aromatic heterocycles. The Labute approximate surface area is 174 Å². The average molecular weight is 408 g/mol. The van der Waals surface area contributed by atoms with Crippen LogP contribution < -0.4 is 5.43 Å². The fourth-order valence-corrected chi connectivity index (χ4v) is 3.91. The van der Waals surface area contributed by atoms with Crippen molar-refractivity contribution in [2.75, 3.05) is 0 Å². The van der Waals surface area contributed by atoms with Crippen LogP contribution in [0.1, 0.15) is 51.6 Å². The average Bonchev–Trinajstić information content (AvgIpc) is 3.26. The largest absolute Gasteiger partial charge is 0.347 e. The maximum Gasteiger partial charge on any atom is 0.194 e. The highest BCUT2D eigenvalue weighted by atomic mass is 19.1. The third kappa shape index (κ3) is 3.94. The summed E-state index contributed by atoms with van der Waals surface area (Å²) in [6, 6.07) is 1.46. The highest BCUT2D eigenvalue weighted by molar-refractivity contribution is 5.55. The fraction of sp³-hybridized carbons (Fsp3) is 0.409. The molecule has 1 saturated carbocycles. The molecule has 1 aliphatic rings. The number of nitrogens with one attached hydrogen (secondary N) is 1. The summed E-state index contributed by atoms with van der Waals surface area (Å²) in [7, 11) is 0. The summed E-state index contributed by atoms with van der Waals surface area (Å²) in [6.07, 6.45) is 13.2. The second kappa shape index (κ2) is 8.30. The molecule has 0 radical (unpaired) electrons. The number of nitrogens with zero attached hydrogens (tertiary/aromatic N) is 5. The van der Waals surface area contributed by atoms with Crippen molar-refractivity contribution >= 4 is 6.08 Å². The number of hydrogen-bond acceptors (Lipinski definition) is 5. The van der Waals surface area contributed by atoms with Crippen LogP contribution in [0.25, 0.3) is 23.3 Å². The van der Waals surface area contributed by atoms with E-state index in [1.807, 2.05) is 13.8 Å². The van der Waals surface area contributed by atoms with Gasteiger partial charge in [0.2, 0.25) is 0 Å². The molecule has 7 nitrogen and oxygen atoms in total. The number of allylic oxidation sites excluding steroid dienone is 1. The van der Waals surface area contributed by atoms with Crippen LogP contribution in [-0.4, -0.2) is 35.9 Å². The Kier molecular flexibility index (Phi) is 5.57. The number of aromatic nitrogens is 6. The van der Waals surface area contributed by atoms with Gasteiger partial charge in [0.15, 0.2) is 11.3 Å². The van der Waals surface area contributed by atoms with Crippen molar-refractivity contribution in [3.05, 3.63) is 58.7 Å². The summed E-state index contributed by atoms with van der Waals surface area (Å²) >= 11 is 0. The van der Waals surface area contributed by atoms with Gasteiger partial charge < -0.3 is 4.98 Å². The van der Waals surface area contributed by atoms with E-state index >= 15 is 4.39 Å². The Morgan fingerprint density at radius 1 is 1.37 bits per heavy atom. The molecule has 4 rings (SSSR count). The van der Waals surface area contributed by atoms with Gasteiger partial charge in [0.05, 0.1) is 11.8 Å². The van der Waals surface area contributed by atoms with Crippen molar-refractivity contribution in [2.45, 2.75) is 52.1 Å². The number of hydrogen-bond donors (Lipinski definition) is 1. The molecule has 3 aromatic rings. The van der Waals surface area contributed by atoms with Crippen LogP contribution in [-0.2, 0) is 0 Å². The molecule has 1 fully saturated rings. The number of halogens is 1. The number of imidazole rings is 1. The molecule has 0 spiro atoms. The number of pyridine rings is 1. The van der Waals surface area contributed by atoms with Gasteiger partial charge in [-0.15, -0.1) is 10.2 Å². The number of rotatable bonds is 4. The van der Waals surface area contributed by atoms with Crippen LogP contribution in [0.5, 0.6) is 0 Å². The van der Waals surface area contributed by atoms with E-state index in [1.165, 1.54) is 6.07 Å². The SMILES string of the molecule is CC[C@@]1(C)CCCC/C(=C\c2cnc(-c3c[nH]c(-n4ccnc4)cc3=O)nn2)[C@@H]1F. The molecule has 0 unspecified atom stereocenters. The number of alkyl halides is 1. The van der Waals surface area contributed by atoms with Gasteiger partial charge >= 0.3 is 0 Å². The summed E-state index contributed by atoms with van der Waals surface area (Å²) in [6.45, 7) is 4.06. The highest BCUT2D eigenvalue weighted by Gasteiger charge is 2.36. The van der Waals surface area contributed by atoms with E-state index in [1.54, 1.807) is 41.8 Å². The van der Waals surface area contributed by atoms with Crippen molar-refractivity contribution in [2.24, 2.45) is 5.41 Å². The number of H-pyrrole nitrogens is 1. The third-order valence-electron chi connectivity index (χ3n) is 6.04. The molecule has 0 aliphatic heterocycles. The van der Waals surface area contributed by atoms with E-state index in [2.05, 4.69) is 25.1 Å². The lowest BCUT2D eigenvalue weighted by molar-refractivity contribution is 0.141. The second-order valence-corrected chi connectivity index (χ2v) is 8.07. The predicted molar refractivity (Wildman–Crippen MR) is 113 cm³/mol. The summed E-state index contributed by atoms with van der Waals surface area (Å²) in [5.74, 6) is 0.823. The topological polar surface area (TPSA) is 89.4 Å². The van der Waals surface area contributed by atoms with E-state index in [-0.39, 0.29) is 16.7 Å². The quantitative estimate of drug-likeness (QED) is 0.656. The summed E-state index contributed by atoms with van der Waals surface area (Å²) in [5, 5.41) is 8.28. The Bertz CT molecular complexity index is 1090. The van der Waals surface area contributed by atoms with Crippen LogP contribution >= 0.6 is 0 Å². The Morgan fingerprint density at radius 2 is 2.23 bits per heavy atom. The fourth-order valence-electron chi connectivity index (χ4n) is 3.91. The first kappa shape index (κ1) is 20.1. The molecule has 0 bridgehead atoms. The lowest BCUT2D eigenvalue weighted by atomic mass is 9.77. The van der Waals surface area contributed by atoms with Crippen molar-refractivity contribution in [1.29, 1.82) is 0 Å². The minimum atomic E-state index is -0.995. The van der Waals surface area contributed by atoms with Crippen LogP contribution in [0.3, 0.4) is 0 Å². The first-order valence-corrected chi connectivity index (χ1v) is 10.3. The monoisotopic (exact) mass is 408 g/mol. The predicted octanol–water partition coefficient (Wildman–Crippen LogP) is 4.12. The van der Waals surface area contributed by atoms with Crippen LogP contribution in [0.4, 0.5) is 4.39 Å². The summed E-state index contributed by atoms with van der Waals surface area (Å²) in [5.41, 5.74) is 1.01. The van der Waals surface area contributed by atoms with Gasteiger partial charge in [-0.25, -0.2) is 14.4 Å². The molecule has 1 N–H and O–H groups in total. The molecule has 156 valence electrons. The van der Waals surface area contributed by atoms with E-state index in [0.717, 1.165) is 37.7 Å². The molecule has 2 atom stereocenters. The number of aromatic amines is 1. The van der Waals surface area contributed by atoms with Crippen LogP contribution in [0.15, 0.2) is 47.5 Å². The Morgan fingerprint density at radius 3 is 2.90 bits per heavy atom. The zero-order valence-corrected chi connectivity index (χ0v) is 17.2. The molecular weight excluding hydrogens is 383 g/mol. The van der Waals surface area contributed by atoms with E-state index in [0.29, 0.717) is 17.1 Å². The van der Waals surface area contributed by atoms with Gasteiger partial charge in [0.25, 0.3) is 0 Å². The minimum Gasteiger partial charge on any atom is -0.347 e. The molecular formula is C22H25FN6O. The molecule has 30 heavy (non-hydrogen) atoms. The lowest BCUT2D eigenvalue weighted by Gasteiger charge is -2.31. The van der Waals surface area contributed by atoms with Crippen molar-refractivity contribution in [1.82, 2.24) is 29.7 Å². The Balaban J connectivity index is 1.59. The van der Waals surface area contributed by atoms with E-state index < -0.39 is 6.17 Å². The first-order chi connectivity index (χ1) is 14.5. The molecule has 1 aliphatic carbocycles. The van der Waals surface area contributed by atoms with Gasteiger partial charge in [-0.2, -0.15) is 0 Å². The van der Waals surface area contributed by atoms with E-state index in [9.17, 15) is 4.79 Å². The standard InChI is InChI=1S/C22H25FN6O/c1-3-22(2)7-5-4-6-15(20(22)23)10-16-12-26-21(28-27-16)17-13-25-19(11-18(17)30)29-9-8-24-14-29/h8-14,20H,3-7H2,1-2H3,(H,25,30)/b15-10+/t20-,22-/m0/s1. The Hall–Kier alpha value is -3.16. The zero-order chi connectivity index (χ0) is 21.1. The summed E-state index contributed by atoms with van der Waals surface area (Å²) < 4.78 is 16.9. The summed E-state index contributed by atoms with van der Waals surface area (Å²) in [4.78, 5) is 23.8. The van der Waals surface area contributed by atoms with Gasteiger partial charge in [0, 0.05) is 30.1 Å². The van der Waals surface area contributed by atoms with Gasteiger partial charge in [-0.3, -0.25) is 9.36 Å². The third-order valence-corrected chi connectivity index (χ3v) is 6.04. The molecule has 0 saturated heterocycles. The van der Waals surface area contributed by atoms with Crippen LogP contribution in [0, 0.1) is 5.41 Å².